The van der Waals surface area contributed by atoms with E-state index < -0.39 is 0 Å². The molecule has 2 aromatic carbocycles. The second-order valence-corrected chi connectivity index (χ2v) is 8.99. The molecule has 1 N–H and O–H groups in total. The molecule has 0 radical (unpaired) electrons. The summed E-state index contributed by atoms with van der Waals surface area (Å²) in [6.45, 7) is 6.65. The molecule has 0 saturated carbocycles. The number of nitrogens with zero attached hydrogens (tertiary/aromatic N) is 3. The van der Waals surface area contributed by atoms with Crippen molar-refractivity contribution in [1.29, 1.82) is 0 Å². The summed E-state index contributed by atoms with van der Waals surface area (Å²) < 4.78 is 3.02. The first kappa shape index (κ1) is 17.4. The zero-order valence-electron chi connectivity index (χ0n) is 14.8. The van der Waals surface area contributed by atoms with Crippen molar-refractivity contribution in [3.8, 4) is 11.4 Å². The Kier molecular flexibility index (Phi) is 4.40. The lowest BCUT2D eigenvalue weighted by Crippen LogP contribution is -2.18. The predicted octanol–water partition coefficient (Wildman–Crippen LogP) is 5.65. The molecule has 1 aromatic heterocycles. The van der Waals surface area contributed by atoms with E-state index in [2.05, 4.69) is 94.1 Å². The first-order chi connectivity index (χ1) is 12.4. The number of halogens is 1. The molecule has 4 rings (SSSR count). The molecule has 0 aliphatic carbocycles. The zero-order valence-corrected chi connectivity index (χ0v) is 17.2. The van der Waals surface area contributed by atoms with Crippen molar-refractivity contribution >= 4 is 33.4 Å². The second-order valence-electron chi connectivity index (χ2n) is 7.24. The summed E-state index contributed by atoms with van der Waals surface area (Å²) in [7, 11) is 0. The van der Waals surface area contributed by atoms with Gasteiger partial charge in [-0.2, -0.15) is 0 Å². The molecule has 1 aliphatic rings. The molecule has 3 aromatic rings. The van der Waals surface area contributed by atoms with Crippen molar-refractivity contribution in [3.63, 3.8) is 0 Å². The second kappa shape index (κ2) is 6.59. The fraction of sp³-hybridized carbons (Fsp3) is 0.200. The van der Waals surface area contributed by atoms with E-state index >= 15 is 0 Å². The van der Waals surface area contributed by atoms with E-state index in [1.54, 1.807) is 11.8 Å². The average molecular weight is 427 g/mol. The van der Waals surface area contributed by atoms with Crippen LogP contribution in [0.3, 0.4) is 0 Å². The average Bonchev–Trinajstić information content (AvgIpc) is 3.05. The Morgan fingerprint density at radius 1 is 0.923 bits per heavy atom. The van der Waals surface area contributed by atoms with Crippen LogP contribution in [-0.4, -0.2) is 14.9 Å². The molecule has 0 bridgehead atoms. The Balaban J connectivity index is 1.65. The smallest absolute Gasteiger partial charge is 0.214 e. The minimum absolute atomic E-state index is 0.133. The highest BCUT2D eigenvalue weighted by molar-refractivity contribution is 9.10. The normalized spacial score (nSPS) is 13.8. The van der Waals surface area contributed by atoms with Gasteiger partial charge in [0, 0.05) is 21.0 Å². The van der Waals surface area contributed by atoms with Crippen LogP contribution in [-0.2, 0) is 5.41 Å². The molecule has 0 spiro atoms. The van der Waals surface area contributed by atoms with E-state index in [-0.39, 0.29) is 5.41 Å². The van der Waals surface area contributed by atoms with Crippen molar-refractivity contribution in [1.82, 2.24) is 14.9 Å². The number of thioether (sulfide) groups is 1. The lowest BCUT2D eigenvalue weighted by atomic mass is 9.87. The third-order valence-corrected chi connectivity index (χ3v) is 5.67. The summed E-state index contributed by atoms with van der Waals surface area (Å²) in [6, 6.07) is 16.8. The number of nitrogens with one attached hydrogen (secondary N) is 1. The quantitative estimate of drug-likeness (QED) is 0.574. The van der Waals surface area contributed by atoms with Gasteiger partial charge in [-0.25, -0.2) is 4.68 Å². The van der Waals surface area contributed by atoms with E-state index in [0.717, 1.165) is 32.3 Å². The van der Waals surface area contributed by atoms with Crippen molar-refractivity contribution in [2.45, 2.75) is 31.3 Å². The van der Waals surface area contributed by atoms with Crippen molar-refractivity contribution in [2.24, 2.45) is 0 Å². The largest absolute Gasteiger partial charge is 0.289 e. The number of rotatable bonds is 2. The first-order valence-electron chi connectivity index (χ1n) is 8.38. The van der Waals surface area contributed by atoms with Crippen molar-refractivity contribution in [3.05, 3.63) is 69.5 Å². The van der Waals surface area contributed by atoms with Gasteiger partial charge in [-0.3, -0.25) is 5.43 Å². The lowest BCUT2D eigenvalue weighted by Gasteiger charge is -2.20. The molecular weight excluding hydrogens is 408 g/mol. The molecule has 26 heavy (non-hydrogen) atoms. The molecule has 0 amide bonds. The maximum absolute atomic E-state index is 4.39. The van der Waals surface area contributed by atoms with Gasteiger partial charge in [-0.15, -0.1) is 10.2 Å². The van der Waals surface area contributed by atoms with Crippen LogP contribution in [0.1, 0.15) is 31.9 Å². The number of fused-ring (bicyclic) bond motifs is 1. The predicted molar refractivity (Wildman–Crippen MR) is 111 cm³/mol. The fourth-order valence-corrected chi connectivity index (χ4v) is 3.78. The van der Waals surface area contributed by atoms with Gasteiger partial charge in [0.05, 0.1) is 5.70 Å². The Morgan fingerprint density at radius 3 is 2.23 bits per heavy atom. The van der Waals surface area contributed by atoms with Crippen LogP contribution in [0.2, 0.25) is 0 Å². The van der Waals surface area contributed by atoms with Crippen molar-refractivity contribution in [2.75, 3.05) is 5.43 Å². The maximum atomic E-state index is 4.39. The lowest BCUT2D eigenvalue weighted by molar-refractivity contribution is 0.590. The van der Waals surface area contributed by atoms with E-state index in [4.69, 9.17) is 0 Å². The van der Waals surface area contributed by atoms with E-state index in [1.807, 2.05) is 16.8 Å². The summed E-state index contributed by atoms with van der Waals surface area (Å²) in [5.41, 5.74) is 8.07. The minimum Gasteiger partial charge on any atom is -0.289 e. The number of aromatic nitrogens is 3. The van der Waals surface area contributed by atoms with Gasteiger partial charge in [0.15, 0.2) is 5.82 Å². The summed E-state index contributed by atoms with van der Waals surface area (Å²) in [5.74, 6) is 0.815. The van der Waals surface area contributed by atoms with Crippen molar-refractivity contribution < 1.29 is 0 Å². The SMILES string of the molecule is CC(C)(C)c1ccc(-c2nnc3n2NC(c2ccc(Br)cc2)=CS3)cc1. The van der Waals surface area contributed by atoms with Gasteiger partial charge in [-0.1, -0.05) is 84.9 Å². The summed E-state index contributed by atoms with van der Waals surface area (Å²) in [6.07, 6.45) is 0. The maximum Gasteiger partial charge on any atom is 0.214 e. The van der Waals surface area contributed by atoms with Gasteiger partial charge in [0.25, 0.3) is 0 Å². The summed E-state index contributed by atoms with van der Waals surface area (Å²) in [4.78, 5) is 0. The van der Waals surface area contributed by atoms with Gasteiger partial charge < -0.3 is 0 Å². The number of hydrogen-bond donors (Lipinski definition) is 1. The fourth-order valence-electron chi connectivity index (χ4n) is 2.77. The van der Waals surface area contributed by atoms with Crippen LogP contribution in [0.25, 0.3) is 17.1 Å². The van der Waals surface area contributed by atoms with E-state index in [0.29, 0.717) is 0 Å². The molecule has 2 heterocycles. The highest BCUT2D eigenvalue weighted by Crippen LogP contribution is 2.32. The molecule has 0 unspecified atom stereocenters. The minimum atomic E-state index is 0.133. The number of benzene rings is 2. The van der Waals surface area contributed by atoms with Crippen LogP contribution >= 0.6 is 27.7 Å². The van der Waals surface area contributed by atoms with Gasteiger partial charge >= 0.3 is 0 Å². The Bertz CT molecular complexity index is 967. The molecule has 6 heteroatoms. The highest BCUT2D eigenvalue weighted by atomic mass is 79.9. The molecular formula is C20H19BrN4S. The van der Waals surface area contributed by atoms with E-state index in [1.165, 1.54) is 5.56 Å². The van der Waals surface area contributed by atoms with Gasteiger partial charge in [0.2, 0.25) is 5.16 Å². The molecule has 1 aliphatic heterocycles. The third-order valence-electron chi connectivity index (χ3n) is 4.31. The molecule has 4 nitrogen and oxygen atoms in total. The first-order valence-corrected chi connectivity index (χ1v) is 10.1. The highest BCUT2D eigenvalue weighted by Gasteiger charge is 2.20. The van der Waals surface area contributed by atoms with Crippen LogP contribution < -0.4 is 5.43 Å². The monoisotopic (exact) mass is 426 g/mol. The van der Waals surface area contributed by atoms with Crippen LogP contribution in [0, 0.1) is 0 Å². The molecule has 0 fully saturated rings. The van der Waals surface area contributed by atoms with Crippen LogP contribution in [0.15, 0.2) is 63.6 Å². The topological polar surface area (TPSA) is 42.7 Å². The molecule has 0 saturated heterocycles. The van der Waals surface area contributed by atoms with Gasteiger partial charge in [0.1, 0.15) is 0 Å². The van der Waals surface area contributed by atoms with Crippen LogP contribution in [0.5, 0.6) is 0 Å². The Labute approximate surface area is 165 Å². The zero-order chi connectivity index (χ0) is 18.3. The Morgan fingerprint density at radius 2 is 1.58 bits per heavy atom. The Hall–Kier alpha value is -2.05. The van der Waals surface area contributed by atoms with Crippen LogP contribution in [0.4, 0.5) is 0 Å². The summed E-state index contributed by atoms with van der Waals surface area (Å²) in [5, 5.41) is 11.6. The molecule has 0 atom stereocenters. The number of hydrogen-bond acceptors (Lipinski definition) is 4. The van der Waals surface area contributed by atoms with E-state index in [9.17, 15) is 0 Å². The standard InChI is InChI=1S/C20H19BrN4S/c1-20(2,3)15-8-4-14(5-9-15)18-22-23-19-25(18)24-17(12-26-19)13-6-10-16(21)11-7-13/h4-12,24H,1-3H3. The summed E-state index contributed by atoms with van der Waals surface area (Å²) >= 11 is 5.05. The molecule has 132 valence electrons. The third kappa shape index (κ3) is 3.31. The van der Waals surface area contributed by atoms with Gasteiger partial charge in [-0.05, 0) is 23.1 Å².